The highest BCUT2D eigenvalue weighted by Gasteiger charge is 2.26. The quantitative estimate of drug-likeness (QED) is 0.813. The fourth-order valence-electron chi connectivity index (χ4n) is 1.84. The molecule has 21 heavy (non-hydrogen) atoms. The summed E-state index contributed by atoms with van der Waals surface area (Å²) in [5.41, 5.74) is -1.24. The molecule has 0 aliphatic rings. The third-order valence-electron chi connectivity index (χ3n) is 2.90. The predicted octanol–water partition coefficient (Wildman–Crippen LogP) is 2.31. The Morgan fingerprint density at radius 3 is 2.62 bits per heavy atom. The van der Waals surface area contributed by atoms with Crippen molar-refractivity contribution in [3.05, 3.63) is 52.9 Å². The fraction of sp³-hybridized carbons (Fsp3) is 0.286. The van der Waals surface area contributed by atoms with Crippen molar-refractivity contribution in [3.63, 3.8) is 0 Å². The molecule has 0 aliphatic carbocycles. The summed E-state index contributed by atoms with van der Waals surface area (Å²) in [6.45, 7) is 1.44. The number of rotatable bonds is 6. The van der Waals surface area contributed by atoms with Crippen LogP contribution in [0.2, 0.25) is 0 Å². The summed E-state index contributed by atoms with van der Waals surface area (Å²) < 4.78 is 32.5. The van der Waals surface area contributed by atoms with Crippen LogP contribution >= 0.6 is 15.9 Å². The standard InChI is InChI=1S/C14H16BrNO4S/c1-14(17,9-11-5-4-8-20-11)10-16-21(18,19)13-7-3-2-6-12(13)15/h2-8,16-17H,9-10H2,1H3/t14-/m0/s1. The van der Waals surface area contributed by atoms with Crippen LogP contribution in [0, 0.1) is 0 Å². The number of hydrogen-bond acceptors (Lipinski definition) is 4. The summed E-state index contributed by atoms with van der Waals surface area (Å²) in [6, 6.07) is 9.97. The summed E-state index contributed by atoms with van der Waals surface area (Å²) in [5, 5.41) is 10.3. The molecule has 1 heterocycles. The maximum atomic E-state index is 12.2. The van der Waals surface area contributed by atoms with E-state index < -0.39 is 15.6 Å². The largest absolute Gasteiger partial charge is 0.469 e. The van der Waals surface area contributed by atoms with Crippen molar-refractivity contribution in [2.75, 3.05) is 6.54 Å². The molecule has 5 nitrogen and oxygen atoms in total. The van der Waals surface area contributed by atoms with E-state index in [0.29, 0.717) is 10.2 Å². The topological polar surface area (TPSA) is 79.5 Å². The highest BCUT2D eigenvalue weighted by atomic mass is 79.9. The molecule has 114 valence electrons. The molecule has 0 fully saturated rings. The Labute approximate surface area is 132 Å². The first-order valence-corrected chi connectivity index (χ1v) is 8.57. The Balaban J connectivity index is 2.06. The summed E-state index contributed by atoms with van der Waals surface area (Å²) in [5.74, 6) is 0.597. The van der Waals surface area contributed by atoms with Gasteiger partial charge < -0.3 is 9.52 Å². The van der Waals surface area contributed by atoms with E-state index in [1.54, 1.807) is 37.3 Å². The van der Waals surface area contributed by atoms with Gasteiger partial charge in [-0.3, -0.25) is 0 Å². The van der Waals surface area contributed by atoms with Crippen LogP contribution in [0.4, 0.5) is 0 Å². The molecular weight excluding hydrogens is 358 g/mol. The van der Waals surface area contributed by atoms with Gasteiger partial charge in [-0.05, 0) is 47.1 Å². The minimum atomic E-state index is -3.69. The van der Waals surface area contributed by atoms with Gasteiger partial charge in [-0.25, -0.2) is 13.1 Å². The lowest BCUT2D eigenvalue weighted by Crippen LogP contribution is -2.42. The van der Waals surface area contributed by atoms with Crippen molar-refractivity contribution in [2.45, 2.75) is 23.8 Å². The minimum absolute atomic E-state index is 0.114. The second-order valence-electron chi connectivity index (χ2n) is 5.01. The smallest absolute Gasteiger partial charge is 0.241 e. The minimum Gasteiger partial charge on any atom is -0.469 e. The molecule has 0 saturated carbocycles. The Hall–Kier alpha value is -1.15. The van der Waals surface area contributed by atoms with Crippen molar-refractivity contribution in [1.29, 1.82) is 0 Å². The Morgan fingerprint density at radius 1 is 1.29 bits per heavy atom. The van der Waals surface area contributed by atoms with Gasteiger partial charge in [-0.1, -0.05) is 12.1 Å². The molecule has 1 aromatic heterocycles. The Bertz CT molecular complexity index is 696. The number of furan rings is 1. The lowest BCUT2D eigenvalue weighted by molar-refractivity contribution is 0.0603. The molecule has 7 heteroatoms. The summed E-state index contributed by atoms with van der Waals surface area (Å²) in [4.78, 5) is 0.138. The van der Waals surface area contributed by atoms with Gasteiger partial charge in [0.05, 0.1) is 16.8 Å². The van der Waals surface area contributed by atoms with Gasteiger partial charge in [0, 0.05) is 17.4 Å². The molecule has 0 spiro atoms. The normalized spacial score (nSPS) is 14.8. The molecule has 1 aromatic carbocycles. The molecule has 0 bridgehead atoms. The number of aliphatic hydroxyl groups is 1. The van der Waals surface area contributed by atoms with Crippen LogP contribution in [0.1, 0.15) is 12.7 Å². The van der Waals surface area contributed by atoms with Crippen molar-refractivity contribution >= 4 is 26.0 Å². The molecule has 2 aromatic rings. The molecule has 0 amide bonds. The molecule has 0 unspecified atom stereocenters. The predicted molar refractivity (Wildman–Crippen MR) is 82.4 cm³/mol. The number of nitrogens with one attached hydrogen (secondary N) is 1. The maximum Gasteiger partial charge on any atom is 0.241 e. The average Bonchev–Trinajstić information content (AvgIpc) is 2.89. The van der Waals surface area contributed by atoms with Crippen LogP contribution in [-0.4, -0.2) is 25.7 Å². The molecule has 0 aliphatic heterocycles. The fourth-order valence-corrected chi connectivity index (χ4v) is 4.00. The van der Waals surface area contributed by atoms with E-state index in [4.69, 9.17) is 4.42 Å². The highest BCUT2D eigenvalue weighted by molar-refractivity contribution is 9.10. The van der Waals surface area contributed by atoms with Crippen molar-refractivity contribution in [3.8, 4) is 0 Å². The van der Waals surface area contributed by atoms with E-state index in [0.717, 1.165) is 0 Å². The van der Waals surface area contributed by atoms with Gasteiger partial charge >= 0.3 is 0 Å². The average molecular weight is 374 g/mol. The number of halogens is 1. The first-order valence-electron chi connectivity index (χ1n) is 6.29. The molecule has 0 saturated heterocycles. The molecule has 2 N–H and O–H groups in total. The number of sulfonamides is 1. The monoisotopic (exact) mass is 373 g/mol. The van der Waals surface area contributed by atoms with Gasteiger partial charge in [0.15, 0.2) is 0 Å². The zero-order valence-electron chi connectivity index (χ0n) is 11.4. The van der Waals surface area contributed by atoms with E-state index in [1.165, 1.54) is 12.3 Å². The van der Waals surface area contributed by atoms with Crippen LogP contribution in [0.5, 0.6) is 0 Å². The van der Waals surface area contributed by atoms with E-state index >= 15 is 0 Å². The summed E-state index contributed by atoms with van der Waals surface area (Å²) in [6.07, 6.45) is 1.73. The maximum absolute atomic E-state index is 12.2. The van der Waals surface area contributed by atoms with Crippen LogP contribution in [0.25, 0.3) is 0 Å². The van der Waals surface area contributed by atoms with Gasteiger partial charge in [0.2, 0.25) is 10.0 Å². The first-order chi connectivity index (χ1) is 9.80. The number of hydrogen-bond donors (Lipinski definition) is 2. The first kappa shape index (κ1) is 16.2. The van der Waals surface area contributed by atoms with Crippen LogP contribution < -0.4 is 4.72 Å². The SMILES string of the molecule is C[C@@](O)(CNS(=O)(=O)c1ccccc1Br)Cc1ccco1. The zero-order valence-corrected chi connectivity index (χ0v) is 13.8. The van der Waals surface area contributed by atoms with E-state index in [2.05, 4.69) is 20.7 Å². The van der Waals surface area contributed by atoms with Crippen molar-refractivity contribution in [2.24, 2.45) is 0 Å². The summed E-state index contributed by atoms with van der Waals surface area (Å²) in [7, 11) is -3.69. The molecule has 2 rings (SSSR count). The van der Waals surface area contributed by atoms with E-state index in [1.807, 2.05) is 0 Å². The second kappa shape index (κ2) is 6.31. The van der Waals surface area contributed by atoms with Crippen molar-refractivity contribution in [1.82, 2.24) is 4.72 Å². The third kappa shape index (κ3) is 4.41. The van der Waals surface area contributed by atoms with Gasteiger partial charge in [-0.15, -0.1) is 0 Å². The number of benzene rings is 1. The molecule has 1 atom stereocenters. The van der Waals surface area contributed by atoms with Gasteiger partial charge in [0.25, 0.3) is 0 Å². The van der Waals surface area contributed by atoms with E-state index in [9.17, 15) is 13.5 Å². The van der Waals surface area contributed by atoms with Crippen LogP contribution in [0.3, 0.4) is 0 Å². The van der Waals surface area contributed by atoms with Crippen molar-refractivity contribution < 1.29 is 17.9 Å². The van der Waals surface area contributed by atoms with E-state index in [-0.39, 0.29) is 17.9 Å². The highest BCUT2D eigenvalue weighted by Crippen LogP contribution is 2.21. The van der Waals surface area contributed by atoms with Gasteiger partial charge in [0.1, 0.15) is 5.76 Å². The van der Waals surface area contributed by atoms with Crippen LogP contribution in [0.15, 0.2) is 56.4 Å². The third-order valence-corrected chi connectivity index (χ3v) is 5.32. The lowest BCUT2D eigenvalue weighted by Gasteiger charge is -2.22. The Morgan fingerprint density at radius 2 is 2.00 bits per heavy atom. The molecular formula is C14H16BrNO4S. The Kier molecular flexibility index (Phi) is 4.88. The van der Waals surface area contributed by atoms with Gasteiger partial charge in [-0.2, -0.15) is 0 Å². The molecule has 0 radical (unpaired) electrons. The van der Waals surface area contributed by atoms with Crippen LogP contribution in [-0.2, 0) is 16.4 Å². The lowest BCUT2D eigenvalue weighted by atomic mass is 10.0. The zero-order chi connectivity index (χ0) is 15.5. The second-order valence-corrected chi connectivity index (χ2v) is 7.60. The summed E-state index contributed by atoms with van der Waals surface area (Å²) >= 11 is 3.20.